The Kier molecular flexibility index (Phi) is 39.8. The molecule has 4 atom stereocenters. The van der Waals surface area contributed by atoms with Crippen LogP contribution in [0.15, 0.2) is 122 Å². The number of carbonyl (C=O) groups is 2. The van der Waals surface area contributed by atoms with Gasteiger partial charge in [0.15, 0.2) is 6.10 Å². The van der Waals surface area contributed by atoms with Gasteiger partial charge in [0.25, 0.3) is 0 Å². The van der Waals surface area contributed by atoms with E-state index >= 15 is 0 Å². The number of aliphatic hydroxyl groups excluding tert-OH is 2. The summed E-state index contributed by atoms with van der Waals surface area (Å²) in [5, 5.41) is 19.8. The van der Waals surface area contributed by atoms with Crippen LogP contribution in [0.1, 0.15) is 123 Å². The summed E-state index contributed by atoms with van der Waals surface area (Å²) in [6.45, 7) is 1.35. The van der Waals surface area contributed by atoms with E-state index in [4.69, 9.17) is 23.8 Å². The van der Waals surface area contributed by atoms with Crippen molar-refractivity contribution >= 4 is 27.6 Å². The maximum absolute atomic E-state index is 12.7. The molecule has 0 amide bonds. The van der Waals surface area contributed by atoms with Crippen LogP contribution < -0.4 is 0 Å². The number of phosphoric ester groups is 2. The summed E-state index contributed by atoms with van der Waals surface area (Å²) in [5.74, 6) is -1.25. The molecule has 14 nitrogen and oxygen atoms in total. The zero-order chi connectivity index (χ0) is 47.4. The molecular weight excluding hydrogens is 862 g/mol. The number of allylic oxidation sites excluding steroid dienone is 18. The first-order valence-corrected chi connectivity index (χ1v) is 25.4. The van der Waals surface area contributed by atoms with E-state index in [-0.39, 0.29) is 12.8 Å². The van der Waals surface area contributed by atoms with Gasteiger partial charge in [-0.2, -0.15) is 0 Å². The smallest absolute Gasteiger partial charge is 0.462 e. The molecule has 0 saturated heterocycles. The van der Waals surface area contributed by atoms with Gasteiger partial charge in [0.2, 0.25) is 0 Å². The maximum atomic E-state index is 12.7. The molecule has 0 aromatic carbocycles. The minimum absolute atomic E-state index is 0.0000339. The summed E-state index contributed by atoms with van der Waals surface area (Å²) < 4.78 is 47.6. The molecule has 0 bridgehead atoms. The van der Waals surface area contributed by atoms with Crippen molar-refractivity contribution in [1.82, 2.24) is 0 Å². The van der Waals surface area contributed by atoms with Gasteiger partial charge in [-0.1, -0.05) is 148 Å². The third-order valence-corrected chi connectivity index (χ3v) is 9.85. The first kappa shape index (κ1) is 60.5. The number of rotatable bonds is 40. The molecule has 0 aromatic heterocycles. The standard InChI is InChI=1S/C48H76O14P2/c1-3-5-7-9-11-12-13-14-15-16-17-18-19-20-21-22-26-30-34-38-47(51)58-42-46(43-61-64(56,57)60-41-45(50)40-59-63(53,54)55)62-48(52)39-35-31-27-24-23-25-29-33-37-44(49)36-32-28-10-8-6-4-2/h5,7,11-12,14-15,17-18,20-21,24-30,32-33,37,44-46,49-50H,3-4,6,8-10,13,16,19,22-23,31,34-36,38-43H2,1-2H3,(H,56,57)(H2,53,54,55)/b7-5-,12-11-,15-14-,18-17-,21-20-,27-24-,29-25-,30-26-,32-28-,37-33+/t44-,45-,46+/m0/s1. The molecule has 0 saturated carbocycles. The number of carbonyl (C=O) groups excluding carboxylic acids is 2. The molecule has 0 aliphatic heterocycles. The Bertz CT molecular complexity index is 1600. The van der Waals surface area contributed by atoms with Gasteiger partial charge in [-0.25, -0.2) is 9.13 Å². The molecule has 64 heavy (non-hydrogen) atoms. The molecule has 0 aromatic rings. The molecule has 0 heterocycles. The van der Waals surface area contributed by atoms with Crippen molar-refractivity contribution in [2.24, 2.45) is 0 Å². The first-order chi connectivity index (χ1) is 30.8. The molecule has 5 N–H and O–H groups in total. The SMILES string of the molecule is CC/C=C\C/C=C\C/C=C\C/C=C\C/C=C\C/C=C\CCC(=O)OC[C@H](COP(=O)(O)OC[C@@H](O)COP(=O)(O)O)OC(=O)CCC/C=C\C/C=C\C=C\[C@@H](O)C/C=C\CCCCC. The molecule has 16 heteroatoms. The van der Waals surface area contributed by atoms with E-state index in [1.807, 2.05) is 48.6 Å². The first-order valence-electron chi connectivity index (χ1n) is 22.3. The van der Waals surface area contributed by atoms with E-state index in [0.29, 0.717) is 38.5 Å². The summed E-state index contributed by atoms with van der Waals surface area (Å²) in [4.78, 5) is 52.7. The van der Waals surface area contributed by atoms with E-state index in [9.17, 15) is 33.8 Å². The quantitative estimate of drug-likeness (QED) is 0.0127. The number of hydrogen-bond donors (Lipinski definition) is 5. The third-order valence-electron chi connectivity index (χ3n) is 8.42. The van der Waals surface area contributed by atoms with Gasteiger partial charge in [0.05, 0.1) is 25.9 Å². The predicted molar refractivity (Wildman–Crippen MR) is 254 cm³/mol. The molecule has 0 aliphatic rings. The second-order valence-electron chi connectivity index (χ2n) is 14.4. The lowest BCUT2D eigenvalue weighted by Gasteiger charge is -2.20. The van der Waals surface area contributed by atoms with Gasteiger partial charge in [-0.15, -0.1) is 0 Å². The average molecular weight is 939 g/mol. The molecule has 1 unspecified atom stereocenters. The van der Waals surface area contributed by atoms with Gasteiger partial charge in [0.1, 0.15) is 12.7 Å². The van der Waals surface area contributed by atoms with Crippen molar-refractivity contribution < 1.29 is 66.7 Å². The van der Waals surface area contributed by atoms with Gasteiger partial charge >= 0.3 is 27.6 Å². The Labute approximate surface area is 382 Å². The minimum Gasteiger partial charge on any atom is -0.462 e. The van der Waals surface area contributed by atoms with Crippen molar-refractivity contribution in [3.8, 4) is 0 Å². The lowest BCUT2D eigenvalue weighted by molar-refractivity contribution is -0.161. The van der Waals surface area contributed by atoms with Crippen LogP contribution in [0.25, 0.3) is 0 Å². The largest absolute Gasteiger partial charge is 0.472 e. The molecule has 0 spiro atoms. The number of unbranched alkanes of at least 4 members (excludes halogenated alkanes) is 4. The molecule has 0 radical (unpaired) electrons. The van der Waals surface area contributed by atoms with Crippen molar-refractivity contribution in [1.29, 1.82) is 0 Å². The van der Waals surface area contributed by atoms with Crippen LogP contribution in [0.2, 0.25) is 0 Å². The van der Waals surface area contributed by atoms with Crippen LogP contribution in [-0.4, -0.2) is 81.6 Å². The van der Waals surface area contributed by atoms with Gasteiger partial charge in [0, 0.05) is 12.8 Å². The van der Waals surface area contributed by atoms with E-state index < -0.39 is 72.3 Å². The lowest BCUT2D eigenvalue weighted by Crippen LogP contribution is -2.29. The average Bonchev–Trinajstić information content (AvgIpc) is 3.25. The minimum atomic E-state index is -4.89. The molecule has 0 aliphatic carbocycles. The Morgan fingerprint density at radius 2 is 1.05 bits per heavy atom. The Morgan fingerprint density at radius 1 is 0.531 bits per heavy atom. The fraction of sp³-hybridized carbons (Fsp3) is 0.542. The normalized spacial score (nSPS) is 15.5. The number of ether oxygens (including phenoxy) is 2. The van der Waals surface area contributed by atoms with Gasteiger partial charge < -0.3 is 34.4 Å². The fourth-order valence-corrected chi connectivity index (χ4v) is 6.19. The molecular formula is C48H76O14P2. The topological polar surface area (TPSA) is 216 Å². The van der Waals surface area contributed by atoms with E-state index in [2.05, 4.69) is 83.7 Å². The fourth-order valence-electron chi connectivity index (χ4n) is 5.04. The van der Waals surface area contributed by atoms with Crippen LogP contribution in [0, 0.1) is 0 Å². The van der Waals surface area contributed by atoms with E-state index in [1.54, 1.807) is 12.2 Å². The van der Waals surface area contributed by atoms with Crippen molar-refractivity contribution in [2.45, 2.75) is 141 Å². The lowest BCUT2D eigenvalue weighted by atomic mass is 10.1. The number of hydrogen-bond acceptors (Lipinski definition) is 11. The van der Waals surface area contributed by atoms with Crippen molar-refractivity contribution in [3.63, 3.8) is 0 Å². The Balaban J connectivity index is 4.80. The summed E-state index contributed by atoms with van der Waals surface area (Å²) >= 11 is 0. The summed E-state index contributed by atoms with van der Waals surface area (Å²) in [5.41, 5.74) is 0. The van der Waals surface area contributed by atoms with Crippen molar-refractivity contribution in [3.05, 3.63) is 122 Å². The highest BCUT2D eigenvalue weighted by molar-refractivity contribution is 7.47. The predicted octanol–water partition coefficient (Wildman–Crippen LogP) is 10.6. The Hall–Kier alpha value is -3.52. The van der Waals surface area contributed by atoms with Crippen LogP contribution in [0.3, 0.4) is 0 Å². The zero-order valence-corrected chi connectivity index (χ0v) is 39.7. The maximum Gasteiger partial charge on any atom is 0.472 e. The second-order valence-corrected chi connectivity index (χ2v) is 17.1. The number of esters is 2. The summed E-state index contributed by atoms with van der Waals surface area (Å²) in [6, 6.07) is 0. The molecule has 362 valence electrons. The Morgan fingerprint density at radius 3 is 1.64 bits per heavy atom. The van der Waals surface area contributed by atoms with Crippen LogP contribution in [-0.2, 0) is 41.8 Å². The van der Waals surface area contributed by atoms with E-state index in [1.165, 1.54) is 12.8 Å². The van der Waals surface area contributed by atoms with Crippen LogP contribution in [0.4, 0.5) is 0 Å². The highest BCUT2D eigenvalue weighted by Gasteiger charge is 2.28. The van der Waals surface area contributed by atoms with Gasteiger partial charge in [-0.05, 0) is 83.5 Å². The second kappa shape index (κ2) is 42.1. The number of aliphatic hydroxyl groups is 2. The zero-order valence-electron chi connectivity index (χ0n) is 37.9. The van der Waals surface area contributed by atoms with Crippen LogP contribution >= 0.6 is 15.6 Å². The van der Waals surface area contributed by atoms with Crippen molar-refractivity contribution in [2.75, 3.05) is 26.4 Å². The number of phosphoric acid groups is 2. The highest BCUT2D eigenvalue weighted by atomic mass is 31.2. The van der Waals surface area contributed by atoms with Gasteiger partial charge in [-0.3, -0.25) is 23.2 Å². The van der Waals surface area contributed by atoms with E-state index in [0.717, 1.165) is 44.9 Å². The summed E-state index contributed by atoms with van der Waals surface area (Å²) in [7, 11) is -9.76. The monoisotopic (exact) mass is 938 g/mol. The van der Waals surface area contributed by atoms with Crippen LogP contribution in [0.5, 0.6) is 0 Å². The highest BCUT2D eigenvalue weighted by Crippen LogP contribution is 2.43. The molecule has 0 rings (SSSR count). The third kappa shape index (κ3) is 45.1. The molecule has 0 fully saturated rings. The summed E-state index contributed by atoms with van der Waals surface area (Å²) in [6.07, 6.45) is 49.5.